The van der Waals surface area contributed by atoms with Crippen molar-refractivity contribution in [2.45, 2.75) is 6.92 Å². The maximum Gasteiger partial charge on any atom is 0.373 e. The van der Waals surface area contributed by atoms with Crippen molar-refractivity contribution in [2.75, 3.05) is 7.11 Å². The van der Waals surface area contributed by atoms with Crippen LogP contribution in [-0.4, -0.2) is 19.0 Å². The number of hydrogen-bond donors (Lipinski definition) is 0. The van der Waals surface area contributed by atoms with Gasteiger partial charge in [0.2, 0.25) is 5.76 Å². The summed E-state index contributed by atoms with van der Waals surface area (Å²) in [6.45, 7) is 5.20. The molecule has 0 saturated carbocycles. The molecule has 0 aromatic heterocycles. The van der Waals surface area contributed by atoms with Crippen LogP contribution in [0, 0.1) is 6.92 Å². The molecule has 0 fully saturated rings. The molecule has 4 nitrogen and oxygen atoms in total. The summed E-state index contributed by atoms with van der Waals surface area (Å²) in [5.74, 6) is -1.72. The normalized spacial score (nSPS) is 9.38. The molecule has 0 aliphatic heterocycles. The lowest BCUT2D eigenvalue weighted by molar-refractivity contribution is -0.139. The van der Waals surface area contributed by atoms with E-state index in [-0.39, 0.29) is 5.76 Å². The third-order valence-corrected chi connectivity index (χ3v) is 1.92. The van der Waals surface area contributed by atoms with Gasteiger partial charge in [0, 0.05) is 0 Å². The van der Waals surface area contributed by atoms with E-state index in [0.29, 0.717) is 5.56 Å². The third-order valence-electron chi connectivity index (χ3n) is 1.92. The summed E-state index contributed by atoms with van der Waals surface area (Å²) in [6.07, 6.45) is 0. The van der Waals surface area contributed by atoms with Gasteiger partial charge in [0.05, 0.1) is 12.7 Å². The number of ether oxygens (including phenoxy) is 2. The fourth-order valence-corrected chi connectivity index (χ4v) is 1.02. The first kappa shape index (κ1) is 12.0. The van der Waals surface area contributed by atoms with Crippen LogP contribution in [0.3, 0.4) is 0 Å². The molecule has 0 aliphatic rings. The molecule has 0 heterocycles. The fourth-order valence-electron chi connectivity index (χ4n) is 1.02. The number of benzene rings is 1. The Hall–Kier alpha value is -2.10. The number of carbonyl (C=O) groups excluding carboxylic acids is 2. The zero-order valence-electron chi connectivity index (χ0n) is 9.15. The van der Waals surface area contributed by atoms with Crippen LogP contribution in [-0.2, 0) is 14.3 Å². The molecule has 0 N–H and O–H groups in total. The summed E-state index contributed by atoms with van der Waals surface area (Å²) in [5, 5.41) is 0. The van der Waals surface area contributed by atoms with Gasteiger partial charge in [0.25, 0.3) is 0 Å². The number of hydrogen-bond acceptors (Lipinski definition) is 4. The molecule has 0 radical (unpaired) electrons. The Morgan fingerprint density at radius 3 is 2.25 bits per heavy atom. The average Bonchev–Trinajstić information content (AvgIpc) is 2.28. The van der Waals surface area contributed by atoms with Gasteiger partial charge in [-0.25, -0.2) is 9.59 Å². The van der Waals surface area contributed by atoms with Crippen LogP contribution in [0.5, 0.6) is 0 Å². The highest BCUT2D eigenvalue weighted by atomic mass is 16.6. The number of aryl methyl sites for hydroxylation is 1. The molecule has 84 valence electrons. The lowest BCUT2D eigenvalue weighted by Gasteiger charge is -2.05. The minimum atomic E-state index is -0.763. The molecular formula is C12H12O4. The lowest BCUT2D eigenvalue weighted by atomic mass is 10.1. The van der Waals surface area contributed by atoms with Gasteiger partial charge in [-0.3, -0.25) is 0 Å². The number of carbonyl (C=O) groups is 2. The molecule has 0 atom stereocenters. The van der Waals surface area contributed by atoms with E-state index in [0.717, 1.165) is 5.56 Å². The predicted molar refractivity (Wildman–Crippen MR) is 57.8 cm³/mol. The molecule has 0 spiro atoms. The van der Waals surface area contributed by atoms with Gasteiger partial charge in [-0.2, -0.15) is 0 Å². The van der Waals surface area contributed by atoms with E-state index >= 15 is 0 Å². The molecule has 1 aromatic rings. The first-order valence-electron chi connectivity index (χ1n) is 4.60. The van der Waals surface area contributed by atoms with Crippen LogP contribution in [0.25, 0.3) is 0 Å². The third kappa shape index (κ3) is 2.95. The first-order valence-corrected chi connectivity index (χ1v) is 4.60. The highest BCUT2D eigenvalue weighted by molar-refractivity contribution is 5.95. The van der Waals surface area contributed by atoms with E-state index in [1.165, 1.54) is 7.11 Å². The number of methoxy groups -OCH3 is 1. The van der Waals surface area contributed by atoms with Gasteiger partial charge in [-0.05, 0) is 25.6 Å². The standard InChI is InChI=1S/C12H12O4/c1-8-4-6-10(7-5-8)12(14)16-9(2)11(13)15-3/h4-7H,2H2,1,3H3. The quantitative estimate of drug-likeness (QED) is 0.443. The van der Waals surface area contributed by atoms with Crippen molar-refractivity contribution in [3.05, 3.63) is 47.7 Å². The zero-order valence-corrected chi connectivity index (χ0v) is 9.15. The van der Waals surface area contributed by atoms with Crippen LogP contribution < -0.4 is 0 Å². The van der Waals surface area contributed by atoms with E-state index in [2.05, 4.69) is 11.3 Å². The van der Waals surface area contributed by atoms with E-state index < -0.39 is 11.9 Å². The molecule has 16 heavy (non-hydrogen) atoms. The predicted octanol–water partition coefficient (Wildman–Crippen LogP) is 1.84. The summed E-state index contributed by atoms with van der Waals surface area (Å²) in [7, 11) is 1.19. The van der Waals surface area contributed by atoms with Crippen molar-refractivity contribution in [1.82, 2.24) is 0 Å². The van der Waals surface area contributed by atoms with Crippen LogP contribution in [0.1, 0.15) is 15.9 Å². The Bertz CT molecular complexity index is 417. The molecular weight excluding hydrogens is 208 g/mol. The van der Waals surface area contributed by atoms with Crippen LogP contribution in [0.4, 0.5) is 0 Å². The SMILES string of the molecule is C=C(OC(=O)c1ccc(C)cc1)C(=O)OC. The maximum absolute atomic E-state index is 11.5. The Morgan fingerprint density at radius 2 is 1.75 bits per heavy atom. The van der Waals surface area contributed by atoms with E-state index in [4.69, 9.17) is 4.74 Å². The second kappa shape index (κ2) is 5.11. The second-order valence-electron chi connectivity index (χ2n) is 3.17. The van der Waals surface area contributed by atoms with Crippen LogP contribution in [0.15, 0.2) is 36.6 Å². The van der Waals surface area contributed by atoms with Gasteiger partial charge in [-0.15, -0.1) is 0 Å². The Labute approximate surface area is 93.5 Å². The summed E-state index contributed by atoms with van der Waals surface area (Å²) in [5.41, 5.74) is 1.39. The van der Waals surface area contributed by atoms with Gasteiger partial charge >= 0.3 is 11.9 Å². The first-order chi connectivity index (χ1) is 7.54. The monoisotopic (exact) mass is 220 g/mol. The van der Waals surface area contributed by atoms with Crippen molar-refractivity contribution < 1.29 is 19.1 Å². The van der Waals surface area contributed by atoms with Gasteiger partial charge in [0.15, 0.2) is 0 Å². The Morgan fingerprint density at radius 1 is 1.19 bits per heavy atom. The minimum Gasteiger partial charge on any atom is -0.463 e. The van der Waals surface area contributed by atoms with Crippen LogP contribution >= 0.6 is 0 Å². The highest BCUT2D eigenvalue weighted by Crippen LogP contribution is 2.07. The number of rotatable bonds is 3. The molecule has 4 heteroatoms. The summed E-state index contributed by atoms with van der Waals surface area (Å²) < 4.78 is 9.07. The van der Waals surface area contributed by atoms with Crippen molar-refractivity contribution in [3.8, 4) is 0 Å². The Kier molecular flexibility index (Phi) is 3.83. The van der Waals surface area contributed by atoms with Crippen molar-refractivity contribution in [3.63, 3.8) is 0 Å². The zero-order chi connectivity index (χ0) is 12.1. The molecule has 0 saturated heterocycles. The van der Waals surface area contributed by atoms with E-state index in [9.17, 15) is 9.59 Å². The van der Waals surface area contributed by atoms with E-state index in [1.807, 2.05) is 6.92 Å². The molecule has 0 aliphatic carbocycles. The van der Waals surface area contributed by atoms with E-state index in [1.54, 1.807) is 24.3 Å². The molecule has 1 aromatic carbocycles. The van der Waals surface area contributed by atoms with Crippen molar-refractivity contribution in [2.24, 2.45) is 0 Å². The van der Waals surface area contributed by atoms with Crippen molar-refractivity contribution >= 4 is 11.9 Å². The second-order valence-corrected chi connectivity index (χ2v) is 3.17. The largest absolute Gasteiger partial charge is 0.463 e. The minimum absolute atomic E-state index is 0.326. The lowest BCUT2D eigenvalue weighted by Crippen LogP contribution is -2.12. The van der Waals surface area contributed by atoms with Gasteiger partial charge < -0.3 is 9.47 Å². The highest BCUT2D eigenvalue weighted by Gasteiger charge is 2.14. The molecule has 0 bridgehead atoms. The van der Waals surface area contributed by atoms with Crippen molar-refractivity contribution in [1.29, 1.82) is 0 Å². The number of esters is 2. The maximum atomic E-state index is 11.5. The van der Waals surface area contributed by atoms with Gasteiger partial charge in [-0.1, -0.05) is 17.7 Å². The molecule has 0 amide bonds. The van der Waals surface area contributed by atoms with Gasteiger partial charge in [0.1, 0.15) is 0 Å². The smallest absolute Gasteiger partial charge is 0.373 e. The summed E-state index contributed by atoms with van der Waals surface area (Å²) in [6, 6.07) is 6.78. The summed E-state index contributed by atoms with van der Waals surface area (Å²) >= 11 is 0. The van der Waals surface area contributed by atoms with Crippen LogP contribution in [0.2, 0.25) is 0 Å². The molecule has 1 rings (SSSR count). The average molecular weight is 220 g/mol. The summed E-state index contributed by atoms with van der Waals surface area (Å²) in [4.78, 5) is 22.4. The fraction of sp³-hybridized carbons (Fsp3) is 0.167. The Balaban J connectivity index is 2.69. The molecule has 0 unspecified atom stereocenters. The topological polar surface area (TPSA) is 52.6 Å².